The first-order chi connectivity index (χ1) is 9.80. The van der Waals surface area contributed by atoms with Gasteiger partial charge < -0.3 is 25.2 Å². The van der Waals surface area contributed by atoms with E-state index in [4.69, 9.17) is 15.2 Å². The van der Waals surface area contributed by atoms with Crippen LogP contribution in [0.5, 0.6) is 5.88 Å². The Kier molecular flexibility index (Phi) is 4.58. The molecule has 1 saturated heterocycles. The van der Waals surface area contributed by atoms with Crippen LogP contribution in [0.1, 0.15) is 27.7 Å². The topological polar surface area (TPSA) is 80.8 Å². The van der Waals surface area contributed by atoms with E-state index in [-0.39, 0.29) is 24.4 Å². The van der Waals surface area contributed by atoms with Crippen LogP contribution in [0.2, 0.25) is 0 Å². The number of nitrogens with zero attached hydrogens (tertiary/aromatic N) is 2. The molecule has 1 fully saturated rings. The number of ether oxygens (including phenoxy) is 2. The number of pyridine rings is 1. The summed E-state index contributed by atoms with van der Waals surface area (Å²) in [5, 5.41) is 9.39. The van der Waals surface area contributed by atoms with Crippen LogP contribution in [0.3, 0.4) is 0 Å². The maximum absolute atomic E-state index is 9.39. The van der Waals surface area contributed by atoms with Crippen molar-refractivity contribution >= 4 is 11.5 Å². The standard InChI is InChI=1S/C15H25N3O3/c1-10(2)20-14-12(16)5-6-13(17-14)18-7-11(8-19)21-15(3,4)9-18/h5-6,10-11,19H,7-9,16H2,1-4H3. The fourth-order valence-corrected chi connectivity index (χ4v) is 2.50. The van der Waals surface area contributed by atoms with E-state index in [9.17, 15) is 5.11 Å². The van der Waals surface area contributed by atoms with Gasteiger partial charge in [0.25, 0.3) is 0 Å². The van der Waals surface area contributed by atoms with Gasteiger partial charge in [0.05, 0.1) is 30.1 Å². The smallest absolute Gasteiger partial charge is 0.239 e. The Bertz CT molecular complexity index is 491. The van der Waals surface area contributed by atoms with Crippen LogP contribution in [0.15, 0.2) is 12.1 Å². The molecule has 118 valence electrons. The molecule has 2 heterocycles. The molecular formula is C15H25N3O3. The number of nitrogens with two attached hydrogens (primary N) is 1. The van der Waals surface area contributed by atoms with E-state index in [0.29, 0.717) is 24.7 Å². The molecule has 1 aromatic rings. The molecule has 2 rings (SSSR count). The Balaban J connectivity index is 2.24. The van der Waals surface area contributed by atoms with E-state index in [1.54, 1.807) is 6.07 Å². The molecule has 0 aromatic carbocycles. The monoisotopic (exact) mass is 295 g/mol. The zero-order valence-electron chi connectivity index (χ0n) is 13.2. The number of aliphatic hydroxyl groups is 1. The highest BCUT2D eigenvalue weighted by Crippen LogP contribution is 2.28. The van der Waals surface area contributed by atoms with Gasteiger partial charge in [-0.3, -0.25) is 0 Å². The zero-order chi connectivity index (χ0) is 15.6. The molecule has 1 aliphatic heterocycles. The number of nitrogen functional groups attached to an aromatic ring is 1. The summed E-state index contributed by atoms with van der Waals surface area (Å²) in [6.07, 6.45) is -0.205. The summed E-state index contributed by atoms with van der Waals surface area (Å²) in [4.78, 5) is 6.61. The minimum absolute atomic E-state index is 0.00967. The minimum Gasteiger partial charge on any atom is -0.473 e. The SMILES string of the molecule is CC(C)Oc1nc(N2CC(CO)OC(C)(C)C2)ccc1N. The molecule has 1 unspecified atom stereocenters. The number of morpholine rings is 1. The summed E-state index contributed by atoms with van der Waals surface area (Å²) in [7, 11) is 0. The fraction of sp³-hybridized carbons (Fsp3) is 0.667. The molecule has 6 nitrogen and oxygen atoms in total. The van der Waals surface area contributed by atoms with Crippen molar-refractivity contribution in [2.24, 2.45) is 0 Å². The van der Waals surface area contributed by atoms with Crippen molar-refractivity contribution in [2.45, 2.75) is 45.5 Å². The molecule has 21 heavy (non-hydrogen) atoms. The second kappa shape index (κ2) is 6.07. The summed E-state index contributed by atoms with van der Waals surface area (Å²) >= 11 is 0. The van der Waals surface area contributed by atoms with Crippen molar-refractivity contribution < 1.29 is 14.6 Å². The Morgan fingerprint density at radius 1 is 1.52 bits per heavy atom. The lowest BCUT2D eigenvalue weighted by Crippen LogP contribution is -2.54. The van der Waals surface area contributed by atoms with Gasteiger partial charge in [0.1, 0.15) is 5.82 Å². The quantitative estimate of drug-likeness (QED) is 0.874. The van der Waals surface area contributed by atoms with E-state index in [1.165, 1.54) is 0 Å². The molecule has 0 spiro atoms. The summed E-state index contributed by atoms with van der Waals surface area (Å²) in [5.41, 5.74) is 6.09. The number of hydrogen-bond donors (Lipinski definition) is 2. The summed E-state index contributed by atoms with van der Waals surface area (Å²) in [6.45, 7) is 9.17. The third-order valence-electron chi connectivity index (χ3n) is 3.23. The predicted octanol–water partition coefficient (Wildman–Crippen LogP) is 1.43. The van der Waals surface area contributed by atoms with Gasteiger partial charge in [0.15, 0.2) is 0 Å². The van der Waals surface area contributed by atoms with Crippen LogP contribution in [0, 0.1) is 0 Å². The predicted molar refractivity (Wildman–Crippen MR) is 82.7 cm³/mol. The number of aliphatic hydroxyl groups excluding tert-OH is 1. The zero-order valence-corrected chi connectivity index (χ0v) is 13.2. The average Bonchev–Trinajstić information content (AvgIpc) is 2.38. The maximum Gasteiger partial charge on any atom is 0.239 e. The van der Waals surface area contributed by atoms with Gasteiger partial charge in [-0.05, 0) is 39.8 Å². The summed E-state index contributed by atoms with van der Waals surface area (Å²) < 4.78 is 11.5. The van der Waals surface area contributed by atoms with Gasteiger partial charge in [0, 0.05) is 13.1 Å². The number of rotatable bonds is 4. The number of aromatic nitrogens is 1. The van der Waals surface area contributed by atoms with Crippen LogP contribution >= 0.6 is 0 Å². The first kappa shape index (κ1) is 15.9. The number of anilines is 2. The van der Waals surface area contributed by atoms with Gasteiger partial charge in [-0.1, -0.05) is 0 Å². The molecule has 0 radical (unpaired) electrons. The molecule has 1 atom stereocenters. The fourth-order valence-electron chi connectivity index (χ4n) is 2.50. The third-order valence-corrected chi connectivity index (χ3v) is 3.23. The van der Waals surface area contributed by atoms with Gasteiger partial charge in [0.2, 0.25) is 5.88 Å². The van der Waals surface area contributed by atoms with Crippen LogP contribution in [0.4, 0.5) is 11.5 Å². The Labute approximate surface area is 125 Å². The largest absolute Gasteiger partial charge is 0.473 e. The van der Waals surface area contributed by atoms with Crippen molar-refractivity contribution in [3.8, 4) is 5.88 Å². The van der Waals surface area contributed by atoms with E-state index in [2.05, 4.69) is 9.88 Å². The van der Waals surface area contributed by atoms with Gasteiger partial charge in [-0.25, -0.2) is 0 Å². The van der Waals surface area contributed by atoms with Crippen LogP contribution in [0.25, 0.3) is 0 Å². The molecule has 0 saturated carbocycles. The van der Waals surface area contributed by atoms with Crippen molar-refractivity contribution in [2.75, 3.05) is 30.3 Å². The van der Waals surface area contributed by atoms with Crippen molar-refractivity contribution in [1.82, 2.24) is 4.98 Å². The Morgan fingerprint density at radius 3 is 2.86 bits per heavy atom. The van der Waals surface area contributed by atoms with E-state index in [0.717, 1.165) is 5.82 Å². The minimum atomic E-state index is -0.340. The number of hydrogen-bond acceptors (Lipinski definition) is 6. The molecule has 1 aliphatic rings. The van der Waals surface area contributed by atoms with Crippen LogP contribution in [-0.4, -0.2) is 47.6 Å². The maximum atomic E-state index is 9.39. The van der Waals surface area contributed by atoms with E-state index >= 15 is 0 Å². The summed E-state index contributed by atoms with van der Waals surface area (Å²) in [6, 6.07) is 3.68. The Morgan fingerprint density at radius 2 is 2.24 bits per heavy atom. The van der Waals surface area contributed by atoms with Crippen LogP contribution in [-0.2, 0) is 4.74 Å². The molecule has 1 aromatic heterocycles. The third kappa shape index (κ3) is 3.98. The lowest BCUT2D eigenvalue weighted by molar-refractivity contribution is -0.101. The molecular weight excluding hydrogens is 270 g/mol. The first-order valence-electron chi connectivity index (χ1n) is 7.27. The highest BCUT2D eigenvalue weighted by atomic mass is 16.5. The van der Waals surface area contributed by atoms with Crippen LogP contribution < -0.4 is 15.4 Å². The second-order valence-electron chi connectivity index (χ2n) is 6.29. The lowest BCUT2D eigenvalue weighted by atomic mass is 10.1. The Hall–Kier alpha value is -1.53. The van der Waals surface area contributed by atoms with Gasteiger partial charge in [-0.2, -0.15) is 4.98 Å². The lowest BCUT2D eigenvalue weighted by Gasteiger charge is -2.42. The normalized spacial score (nSPS) is 21.6. The van der Waals surface area contributed by atoms with Gasteiger partial charge in [-0.15, -0.1) is 0 Å². The molecule has 6 heteroatoms. The van der Waals surface area contributed by atoms with E-state index < -0.39 is 0 Å². The van der Waals surface area contributed by atoms with E-state index in [1.807, 2.05) is 33.8 Å². The summed E-state index contributed by atoms with van der Waals surface area (Å²) in [5.74, 6) is 1.24. The average molecular weight is 295 g/mol. The molecule has 0 amide bonds. The molecule has 0 aliphatic carbocycles. The molecule has 0 bridgehead atoms. The van der Waals surface area contributed by atoms with Crippen molar-refractivity contribution in [1.29, 1.82) is 0 Å². The second-order valence-corrected chi connectivity index (χ2v) is 6.29. The highest BCUT2D eigenvalue weighted by molar-refractivity contribution is 5.55. The molecule has 3 N–H and O–H groups in total. The van der Waals surface area contributed by atoms with Gasteiger partial charge >= 0.3 is 0 Å². The highest BCUT2D eigenvalue weighted by Gasteiger charge is 2.33. The van der Waals surface area contributed by atoms with Crippen molar-refractivity contribution in [3.63, 3.8) is 0 Å². The first-order valence-corrected chi connectivity index (χ1v) is 7.27. The van der Waals surface area contributed by atoms with Crippen molar-refractivity contribution in [3.05, 3.63) is 12.1 Å².